The third-order valence-electron chi connectivity index (χ3n) is 4.38. The largest absolute Gasteiger partial charge is 0.496 e. The highest BCUT2D eigenvalue weighted by Crippen LogP contribution is 2.25. The van der Waals surface area contributed by atoms with E-state index in [0.29, 0.717) is 13.2 Å². The molecule has 1 heterocycles. The quantitative estimate of drug-likeness (QED) is 0.842. The zero-order valence-electron chi connectivity index (χ0n) is 15.0. The Hall–Kier alpha value is -2.08. The summed E-state index contributed by atoms with van der Waals surface area (Å²) in [6, 6.07) is 15.6. The first-order valence-electron chi connectivity index (χ1n) is 8.54. The Morgan fingerprint density at radius 3 is 2.73 bits per heavy atom. The van der Waals surface area contributed by atoms with E-state index in [9.17, 15) is 4.79 Å². The number of nitrogens with one attached hydrogen (secondary N) is 2. The second kappa shape index (κ2) is 9.57. The van der Waals surface area contributed by atoms with Gasteiger partial charge < -0.3 is 20.1 Å². The van der Waals surface area contributed by atoms with Crippen LogP contribution >= 0.6 is 12.4 Å². The standard InChI is InChI=1S/C20H24N2O3.ClH/c1-14-19(21-10-11-25-14)20(23)22-17-8-9-18(24-2)16(13-17)12-15-6-4-3-5-7-15;/h3-9,13-14,19,21H,10-12H2,1-2H3,(H,22,23);1H/t14-,19+;/m1./s1. The van der Waals surface area contributed by atoms with Gasteiger partial charge in [0.05, 0.1) is 19.8 Å². The van der Waals surface area contributed by atoms with Crippen LogP contribution in [0.15, 0.2) is 48.5 Å². The Bertz CT molecular complexity index is 724. The molecule has 2 N–H and O–H groups in total. The molecule has 2 aromatic carbocycles. The average molecular weight is 377 g/mol. The predicted octanol–water partition coefficient (Wildman–Crippen LogP) is 3.02. The van der Waals surface area contributed by atoms with E-state index in [1.807, 2.05) is 43.3 Å². The van der Waals surface area contributed by atoms with Gasteiger partial charge in [0.1, 0.15) is 11.8 Å². The molecule has 1 aliphatic heterocycles. The zero-order chi connectivity index (χ0) is 17.6. The summed E-state index contributed by atoms with van der Waals surface area (Å²) in [6.07, 6.45) is 0.602. The first-order chi connectivity index (χ1) is 12.2. The molecule has 0 spiro atoms. The fourth-order valence-corrected chi connectivity index (χ4v) is 3.06. The van der Waals surface area contributed by atoms with Crippen LogP contribution in [-0.4, -0.2) is 38.3 Å². The van der Waals surface area contributed by atoms with Crippen LogP contribution in [0.5, 0.6) is 5.75 Å². The Morgan fingerprint density at radius 1 is 1.27 bits per heavy atom. The Morgan fingerprint density at radius 2 is 2.04 bits per heavy atom. The molecular formula is C20H25ClN2O3. The van der Waals surface area contributed by atoms with Crippen LogP contribution in [0.2, 0.25) is 0 Å². The minimum Gasteiger partial charge on any atom is -0.496 e. The van der Waals surface area contributed by atoms with Gasteiger partial charge in [-0.2, -0.15) is 0 Å². The van der Waals surface area contributed by atoms with E-state index in [0.717, 1.165) is 23.4 Å². The molecule has 0 radical (unpaired) electrons. The molecule has 6 heteroatoms. The molecular weight excluding hydrogens is 352 g/mol. The number of carbonyl (C=O) groups excluding carboxylic acids is 1. The molecule has 3 rings (SSSR count). The molecule has 0 unspecified atom stereocenters. The number of rotatable bonds is 5. The minimum atomic E-state index is -0.339. The first kappa shape index (κ1) is 20.2. The highest BCUT2D eigenvalue weighted by Gasteiger charge is 2.28. The number of amides is 1. The number of ether oxygens (including phenoxy) is 2. The second-order valence-electron chi connectivity index (χ2n) is 6.19. The summed E-state index contributed by atoms with van der Waals surface area (Å²) >= 11 is 0. The van der Waals surface area contributed by atoms with Crippen molar-refractivity contribution in [3.63, 3.8) is 0 Å². The Kier molecular flexibility index (Phi) is 7.45. The molecule has 0 aliphatic carbocycles. The highest BCUT2D eigenvalue weighted by atomic mass is 35.5. The van der Waals surface area contributed by atoms with Gasteiger partial charge in [-0.05, 0) is 30.7 Å². The molecule has 0 bridgehead atoms. The molecule has 2 aromatic rings. The fourth-order valence-electron chi connectivity index (χ4n) is 3.06. The normalized spacial score (nSPS) is 19.3. The van der Waals surface area contributed by atoms with Crippen molar-refractivity contribution in [2.75, 3.05) is 25.6 Å². The van der Waals surface area contributed by atoms with Gasteiger partial charge in [0.2, 0.25) is 5.91 Å². The van der Waals surface area contributed by atoms with Crippen molar-refractivity contribution in [3.8, 4) is 5.75 Å². The Balaban J connectivity index is 0.00000243. The van der Waals surface area contributed by atoms with Crippen molar-refractivity contribution in [3.05, 3.63) is 59.7 Å². The van der Waals surface area contributed by atoms with Crippen molar-refractivity contribution < 1.29 is 14.3 Å². The van der Waals surface area contributed by atoms with Gasteiger partial charge in [0.15, 0.2) is 0 Å². The van der Waals surface area contributed by atoms with Crippen molar-refractivity contribution in [2.24, 2.45) is 0 Å². The number of hydrogen-bond acceptors (Lipinski definition) is 4. The molecule has 1 amide bonds. The number of benzene rings is 2. The van der Waals surface area contributed by atoms with Crippen LogP contribution in [0.3, 0.4) is 0 Å². The van der Waals surface area contributed by atoms with Crippen molar-refractivity contribution in [1.29, 1.82) is 0 Å². The van der Waals surface area contributed by atoms with E-state index in [-0.39, 0.29) is 30.5 Å². The average Bonchev–Trinajstić information content (AvgIpc) is 2.63. The minimum absolute atomic E-state index is 0. The van der Waals surface area contributed by atoms with Gasteiger partial charge in [0, 0.05) is 24.2 Å². The topological polar surface area (TPSA) is 59.6 Å². The summed E-state index contributed by atoms with van der Waals surface area (Å²) in [5.74, 6) is 0.734. The molecule has 1 fully saturated rings. The van der Waals surface area contributed by atoms with Crippen LogP contribution in [0.4, 0.5) is 5.69 Å². The van der Waals surface area contributed by atoms with Crippen molar-refractivity contribution >= 4 is 24.0 Å². The molecule has 0 aromatic heterocycles. The van der Waals surface area contributed by atoms with Gasteiger partial charge in [-0.1, -0.05) is 30.3 Å². The van der Waals surface area contributed by atoms with Crippen LogP contribution in [0, 0.1) is 0 Å². The summed E-state index contributed by atoms with van der Waals surface area (Å²) < 4.78 is 11.0. The van der Waals surface area contributed by atoms with Crippen LogP contribution in [0.1, 0.15) is 18.1 Å². The summed E-state index contributed by atoms with van der Waals surface area (Å²) in [4.78, 5) is 12.5. The predicted molar refractivity (Wildman–Crippen MR) is 105 cm³/mol. The number of morpholine rings is 1. The SMILES string of the molecule is COc1ccc(NC(=O)[C@H]2NCCO[C@@H]2C)cc1Cc1ccccc1.Cl. The van der Waals surface area contributed by atoms with Gasteiger partial charge in [-0.25, -0.2) is 0 Å². The molecule has 140 valence electrons. The van der Waals surface area contributed by atoms with Gasteiger partial charge in [0.25, 0.3) is 0 Å². The lowest BCUT2D eigenvalue weighted by Gasteiger charge is -2.29. The molecule has 26 heavy (non-hydrogen) atoms. The number of hydrogen-bond donors (Lipinski definition) is 2. The Labute approximate surface area is 160 Å². The monoisotopic (exact) mass is 376 g/mol. The number of halogens is 1. The summed E-state index contributed by atoms with van der Waals surface area (Å²) in [6.45, 7) is 3.23. The van der Waals surface area contributed by atoms with E-state index in [1.54, 1.807) is 7.11 Å². The van der Waals surface area contributed by atoms with Crippen molar-refractivity contribution in [2.45, 2.75) is 25.5 Å². The summed E-state index contributed by atoms with van der Waals surface area (Å²) in [5, 5.41) is 6.19. The molecule has 5 nitrogen and oxygen atoms in total. The van der Waals surface area contributed by atoms with E-state index in [2.05, 4.69) is 22.8 Å². The lowest BCUT2D eigenvalue weighted by Crippen LogP contribution is -2.53. The molecule has 0 saturated carbocycles. The van der Waals surface area contributed by atoms with E-state index >= 15 is 0 Å². The van der Waals surface area contributed by atoms with Gasteiger partial charge in [-0.3, -0.25) is 4.79 Å². The lowest BCUT2D eigenvalue weighted by atomic mass is 10.0. The lowest BCUT2D eigenvalue weighted by molar-refractivity contribution is -0.123. The number of anilines is 1. The van der Waals surface area contributed by atoms with Crippen LogP contribution < -0.4 is 15.4 Å². The maximum atomic E-state index is 12.5. The highest BCUT2D eigenvalue weighted by molar-refractivity contribution is 5.95. The van der Waals surface area contributed by atoms with Crippen LogP contribution in [-0.2, 0) is 16.0 Å². The maximum absolute atomic E-state index is 12.5. The van der Waals surface area contributed by atoms with Gasteiger partial charge >= 0.3 is 0 Å². The fraction of sp³-hybridized carbons (Fsp3) is 0.350. The third kappa shape index (κ3) is 4.97. The summed E-state index contributed by atoms with van der Waals surface area (Å²) in [7, 11) is 1.66. The number of methoxy groups -OCH3 is 1. The smallest absolute Gasteiger partial charge is 0.244 e. The second-order valence-corrected chi connectivity index (χ2v) is 6.19. The first-order valence-corrected chi connectivity index (χ1v) is 8.54. The zero-order valence-corrected chi connectivity index (χ0v) is 15.8. The molecule has 2 atom stereocenters. The molecule has 1 aliphatic rings. The van der Waals surface area contributed by atoms with E-state index in [1.165, 1.54) is 5.56 Å². The number of carbonyl (C=O) groups is 1. The molecule has 1 saturated heterocycles. The third-order valence-corrected chi connectivity index (χ3v) is 4.38. The maximum Gasteiger partial charge on any atom is 0.244 e. The van der Waals surface area contributed by atoms with E-state index < -0.39 is 0 Å². The van der Waals surface area contributed by atoms with Crippen LogP contribution in [0.25, 0.3) is 0 Å². The van der Waals surface area contributed by atoms with Gasteiger partial charge in [-0.15, -0.1) is 12.4 Å². The van der Waals surface area contributed by atoms with Crippen molar-refractivity contribution in [1.82, 2.24) is 5.32 Å². The summed E-state index contributed by atoms with van der Waals surface area (Å²) in [5.41, 5.74) is 2.99. The van der Waals surface area contributed by atoms with E-state index in [4.69, 9.17) is 9.47 Å².